The quantitative estimate of drug-likeness (QED) is 0.599. The monoisotopic (exact) mass is 158 g/mol. The van der Waals surface area contributed by atoms with Gasteiger partial charge in [0.15, 0.2) is 5.78 Å². The normalized spacial score (nSPS) is 9.80. The summed E-state index contributed by atoms with van der Waals surface area (Å²) in [6.45, 7) is 1.28. The molecule has 0 aliphatic rings. The van der Waals surface area contributed by atoms with E-state index in [0.29, 0.717) is 0 Å². The third-order valence-corrected chi connectivity index (χ3v) is 0.902. The zero-order valence-electron chi connectivity index (χ0n) is 5.44. The molecule has 0 aliphatic carbocycles. The molecule has 0 aromatic carbocycles. The van der Waals surface area contributed by atoms with Gasteiger partial charge in [0.05, 0.1) is 5.71 Å². The summed E-state index contributed by atoms with van der Waals surface area (Å²) in [5, 5.41) is 13.5. The highest BCUT2D eigenvalue weighted by Crippen LogP contribution is 1.85. The Morgan fingerprint density at radius 3 is 2.20 bits per heavy atom. The van der Waals surface area contributed by atoms with Crippen molar-refractivity contribution in [3.8, 4) is 0 Å². The van der Waals surface area contributed by atoms with Crippen LogP contribution < -0.4 is 0 Å². The topological polar surface area (TPSA) is 64.8 Å². The zero-order chi connectivity index (χ0) is 8.15. The smallest absolute Gasteiger partial charge is 0.177 e. The molecule has 0 saturated heterocycles. The Morgan fingerprint density at radius 2 is 1.90 bits per heavy atom. The highest BCUT2D eigenvalue weighted by Gasteiger charge is 1.95. The first-order valence-electron chi connectivity index (χ1n) is 2.55. The number of allylic oxidation sites excluding steroid dienone is 2. The molecule has 0 heterocycles. The van der Waals surface area contributed by atoms with Crippen molar-refractivity contribution in [3.63, 3.8) is 0 Å². The molecular weight excluding hydrogens is 152 g/mol. The molecule has 0 radical (unpaired) electrons. The number of nitrogens with one attached hydrogen (secondary N) is 2. The van der Waals surface area contributed by atoms with Gasteiger partial charge in [-0.05, 0) is 12.2 Å². The van der Waals surface area contributed by atoms with Crippen LogP contribution in [0.5, 0.6) is 0 Å². The molecule has 0 saturated carbocycles. The highest BCUT2D eigenvalue weighted by atomic mass is 35.5. The SMILES string of the molecule is CC(=O)C(=N)/C=C/C(=N)Cl. The molecule has 0 spiro atoms. The van der Waals surface area contributed by atoms with Crippen LogP contribution in [0.3, 0.4) is 0 Å². The Morgan fingerprint density at radius 1 is 1.40 bits per heavy atom. The molecule has 0 unspecified atom stereocenters. The molecule has 0 aliphatic heterocycles. The standard InChI is InChI=1S/C6H7ClN2O/c1-4(10)5(8)2-3-6(7)9/h2-3,8-9H,1H3/b3-2+,8-5?,9-6?. The fourth-order valence-corrected chi connectivity index (χ4v) is 0.337. The van der Waals surface area contributed by atoms with Gasteiger partial charge in [0.25, 0.3) is 0 Å². The summed E-state index contributed by atoms with van der Waals surface area (Å²) in [5.41, 5.74) is -0.148. The first-order valence-corrected chi connectivity index (χ1v) is 2.93. The Hall–Kier alpha value is -0.960. The van der Waals surface area contributed by atoms with Crippen molar-refractivity contribution in [2.75, 3.05) is 0 Å². The Kier molecular flexibility index (Phi) is 3.57. The van der Waals surface area contributed by atoms with Crippen LogP contribution in [0.1, 0.15) is 6.92 Å². The van der Waals surface area contributed by atoms with Crippen molar-refractivity contribution in [3.05, 3.63) is 12.2 Å². The lowest BCUT2D eigenvalue weighted by molar-refractivity contribution is -0.111. The lowest BCUT2D eigenvalue weighted by atomic mass is 10.2. The van der Waals surface area contributed by atoms with Crippen molar-refractivity contribution < 1.29 is 4.79 Å². The lowest BCUT2D eigenvalue weighted by Gasteiger charge is -1.85. The minimum Gasteiger partial charge on any atom is -0.297 e. The van der Waals surface area contributed by atoms with Crippen LogP contribution in [0.4, 0.5) is 0 Å². The van der Waals surface area contributed by atoms with Crippen LogP contribution in [-0.4, -0.2) is 16.7 Å². The first-order chi connectivity index (χ1) is 4.54. The summed E-state index contributed by atoms with van der Waals surface area (Å²) in [6, 6.07) is 0. The number of hydrogen-bond donors (Lipinski definition) is 2. The molecule has 54 valence electrons. The number of halogens is 1. The number of ketones is 1. The van der Waals surface area contributed by atoms with Gasteiger partial charge in [-0.25, -0.2) is 0 Å². The highest BCUT2D eigenvalue weighted by molar-refractivity contribution is 6.67. The molecule has 0 amide bonds. The molecular formula is C6H7ClN2O. The number of Topliss-reactive ketones (excluding diaryl/α,β-unsaturated/α-hetero) is 1. The second-order valence-electron chi connectivity index (χ2n) is 1.65. The molecule has 0 aromatic rings. The first kappa shape index (κ1) is 9.04. The molecule has 0 fully saturated rings. The van der Waals surface area contributed by atoms with Gasteiger partial charge in [-0.3, -0.25) is 15.6 Å². The molecule has 4 heteroatoms. The van der Waals surface area contributed by atoms with E-state index in [1.54, 1.807) is 0 Å². The summed E-state index contributed by atoms with van der Waals surface area (Å²) < 4.78 is 0. The van der Waals surface area contributed by atoms with E-state index < -0.39 is 0 Å². The maximum atomic E-state index is 10.4. The fraction of sp³-hybridized carbons (Fsp3) is 0.167. The molecule has 0 atom stereocenters. The van der Waals surface area contributed by atoms with E-state index in [-0.39, 0.29) is 16.7 Å². The summed E-state index contributed by atoms with van der Waals surface area (Å²) in [7, 11) is 0. The second kappa shape index (κ2) is 3.95. The average Bonchev–Trinajstić information content (AvgIpc) is 1.82. The van der Waals surface area contributed by atoms with E-state index >= 15 is 0 Å². The fourth-order valence-electron chi connectivity index (χ4n) is 0.274. The van der Waals surface area contributed by atoms with Gasteiger partial charge in [-0.2, -0.15) is 0 Å². The average molecular weight is 159 g/mol. The molecule has 0 bridgehead atoms. The van der Waals surface area contributed by atoms with Crippen LogP contribution in [0.15, 0.2) is 12.2 Å². The zero-order valence-corrected chi connectivity index (χ0v) is 6.20. The van der Waals surface area contributed by atoms with Gasteiger partial charge >= 0.3 is 0 Å². The van der Waals surface area contributed by atoms with E-state index in [1.165, 1.54) is 19.1 Å². The van der Waals surface area contributed by atoms with Crippen molar-refractivity contribution >= 4 is 28.3 Å². The molecule has 10 heavy (non-hydrogen) atoms. The molecule has 3 nitrogen and oxygen atoms in total. The van der Waals surface area contributed by atoms with Gasteiger partial charge in [-0.1, -0.05) is 11.6 Å². The minimum atomic E-state index is -0.339. The van der Waals surface area contributed by atoms with Gasteiger partial charge < -0.3 is 0 Å². The van der Waals surface area contributed by atoms with E-state index in [1.807, 2.05) is 0 Å². The molecule has 0 aromatic heterocycles. The maximum Gasteiger partial charge on any atom is 0.177 e. The van der Waals surface area contributed by atoms with E-state index in [0.717, 1.165) is 0 Å². The van der Waals surface area contributed by atoms with Crippen molar-refractivity contribution in [1.82, 2.24) is 0 Å². The summed E-state index contributed by atoms with van der Waals surface area (Å²) >= 11 is 5.12. The Labute approximate surface area is 63.7 Å². The molecule has 2 N–H and O–H groups in total. The van der Waals surface area contributed by atoms with E-state index in [2.05, 4.69) is 0 Å². The third kappa shape index (κ3) is 3.97. The Balaban J connectivity index is 4.03. The van der Waals surface area contributed by atoms with Crippen molar-refractivity contribution in [1.29, 1.82) is 10.8 Å². The number of rotatable bonds is 3. The summed E-state index contributed by atoms with van der Waals surface area (Å²) in [4.78, 5) is 10.4. The number of carbonyl (C=O) groups is 1. The lowest BCUT2D eigenvalue weighted by Crippen LogP contribution is -2.03. The van der Waals surface area contributed by atoms with Gasteiger partial charge in [0.1, 0.15) is 5.17 Å². The largest absolute Gasteiger partial charge is 0.297 e. The second-order valence-corrected chi connectivity index (χ2v) is 2.06. The summed E-state index contributed by atoms with van der Waals surface area (Å²) in [6.07, 6.45) is 2.38. The predicted molar refractivity (Wildman–Crippen MR) is 41.1 cm³/mol. The third-order valence-electron chi connectivity index (χ3n) is 0.776. The van der Waals surface area contributed by atoms with Gasteiger partial charge in [-0.15, -0.1) is 0 Å². The van der Waals surface area contributed by atoms with Crippen LogP contribution >= 0.6 is 11.6 Å². The van der Waals surface area contributed by atoms with Crippen molar-refractivity contribution in [2.24, 2.45) is 0 Å². The van der Waals surface area contributed by atoms with E-state index in [4.69, 9.17) is 22.4 Å². The van der Waals surface area contributed by atoms with Crippen LogP contribution in [-0.2, 0) is 4.79 Å². The van der Waals surface area contributed by atoms with Gasteiger partial charge in [0.2, 0.25) is 0 Å². The van der Waals surface area contributed by atoms with Crippen LogP contribution in [0.2, 0.25) is 0 Å². The summed E-state index contributed by atoms with van der Waals surface area (Å²) in [5.74, 6) is -0.339. The number of carbonyl (C=O) groups excluding carboxylic acids is 1. The molecule has 0 rings (SSSR count). The predicted octanol–water partition coefficient (Wildman–Crippen LogP) is 1.37. The van der Waals surface area contributed by atoms with E-state index in [9.17, 15) is 4.79 Å². The van der Waals surface area contributed by atoms with Gasteiger partial charge in [0, 0.05) is 6.92 Å². The van der Waals surface area contributed by atoms with Crippen LogP contribution in [0.25, 0.3) is 0 Å². The Bertz CT molecular complexity index is 208. The van der Waals surface area contributed by atoms with Crippen molar-refractivity contribution in [2.45, 2.75) is 6.92 Å². The maximum absolute atomic E-state index is 10.4. The minimum absolute atomic E-state index is 0.148. The van der Waals surface area contributed by atoms with Crippen LogP contribution in [0, 0.1) is 10.8 Å². The number of hydrogen-bond acceptors (Lipinski definition) is 3.